The van der Waals surface area contributed by atoms with Gasteiger partial charge in [-0.25, -0.2) is 8.42 Å². The van der Waals surface area contributed by atoms with Gasteiger partial charge in [0.05, 0.1) is 18.1 Å². The Bertz CT molecular complexity index is 572. The molecule has 1 saturated heterocycles. The third-order valence-corrected chi connectivity index (χ3v) is 4.55. The Morgan fingerprint density at radius 1 is 1.43 bits per heavy atom. The molecular weight excluding hydrogens is 315 g/mol. The van der Waals surface area contributed by atoms with Gasteiger partial charge in [0.15, 0.2) is 15.7 Å². The lowest BCUT2D eigenvalue weighted by Gasteiger charge is -2.07. The minimum Gasteiger partial charge on any atom is -0.364 e. The summed E-state index contributed by atoms with van der Waals surface area (Å²) in [6.07, 6.45) is -3.89. The first-order chi connectivity index (χ1) is 9.73. The zero-order valence-electron chi connectivity index (χ0n) is 10.9. The molecule has 120 valence electrons. The molecule has 7 nitrogen and oxygen atoms in total. The lowest BCUT2D eigenvalue weighted by molar-refractivity contribution is -0.177. The molecule has 1 aliphatic heterocycles. The van der Waals surface area contributed by atoms with E-state index in [0.717, 1.165) is 0 Å². The van der Waals surface area contributed by atoms with E-state index in [2.05, 4.69) is 20.2 Å². The quantitative estimate of drug-likeness (QED) is 0.808. The van der Waals surface area contributed by atoms with Gasteiger partial charge in [-0.2, -0.15) is 18.2 Å². The van der Waals surface area contributed by atoms with Gasteiger partial charge in [0.2, 0.25) is 5.89 Å². The number of alkyl halides is 3. The zero-order chi connectivity index (χ0) is 15.5. The number of ether oxygens (including phenoxy) is 1. The largest absolute Gasteiger partial charge is 0.411 e. The van der Waals surface area contributed by atoms with Crippen LogP contribution in [0, 0.1) is 0 Å². The molecule has 1 atom stereocenters. The number of nitrogens with zero attached hydrogens (tertiary/aromatic N) is 2. The molecule has 0 radical (unpaired) electrons. The van der Waals surface area contributed by atoms with Crippen LogP contribution < -0.4 is 5.32 Å². The predicted octanol–water partition coefficient (Wildman–Crippen LogP) is 0.425. The molecule has 0 bridgehead atoms. The van der Waals surface area contributed by atoms with E-state index >= 15 is 0 Å². The minimum atomic E-state index is -4.40. The smallest absolute Gasteiger partial charge is 0.364 e. The summed E-state index contributed by atoms with van der Waals surface area (Å²) in [6.45, 7) is -1.62. The molecule has 1 fully saturated rings. The third kappa shape index (κ3) is 5.59. The predicted molar refractivity (Wildman–Crippen MR) is 63.9 cm³/mol. The van der Waals surface area contributed by atoms with Crippen LogP contribution in [0.1, 0.15) is 18.1 Å². The number of sulfone groups is 1. The van der Waals surface area contributed by atoms with Crippen LogP contribution in [-0.2, 0) is 27.7 Å². The van der Waals surface area contributed by atoms with E-state index in [1.54, 1.807) is 0 Å². The fourth-order valence-electron chi connectivity index (χ4n) is 1.87. The molecule has 1 aromatic heterocycles. The molecule has 1 aliphatic rings. The van der Waals surface area contributed by atoms with Crippen LogP contribution in [0.3, 0.4) is 0 Å². The molecule has 0 aliphatic carbocycles. The van der Waals surface area contributed by atoms with E-state index in [0.29, 0.717) is 6.42 Å². The van der Waals surface area contributed by atoms with Crippen molar-refractivity contribution in [2.45, 2.75) is 31.8 Å². The molecule has 0 amide bonds. The molecule has 21 heavy (non-hydrogen) atoms. The Kier molecular flexibility index (Phi) is 4.84. The van der Waals surface area contributed by atoms with Gasteiger partial charge in [0, 0.05) is 6.04 Å². The highest BCUT2D eigenvalue weighted by Gasteiger charge is 2.28. The summed E-state index contributed by atoms with van der Waals surface area (Å²) in [7, 11) is -2.98. The van der Waals surface area contributed by atoms with E-state index in [1.165, 1.54) is 0 Å². The molecule has 1 aromatic rings. The van der Waals surface area contributed by atoms with Crippen LogP contribution in [0.25, 0.3) is 0 Å². The number of rotatable bonds is 6. The highest BCUT2D eigenvalue weighted by Crippen LogP contribution is 2.15. The highest BCUT2D eigenvalue weighted by atomic mass is 32.2. The Balaban J connectivity index is 1.73. The Hall–Kier alpha value is -1.20. The maximum atomic E-state index is 11.9. The van der Waals surface area contributed by atoms with Gasteiger partial charge in [-0.15, -0.1) is 0 Å². The van der Waals surface area contributed by atoms with Crippen LogP contribution in [0.5, 0.6) is 0 Å². The lowest BCUT2D eigenvalue weighted by atomic mass is 10.3. The summed E-state index contributed by atoms with van der Waals surface area (Å²) in [5.74, 6) is 0.383. The van der Waals surface area contributed by atoms with Gasteiger partial charge in [0.1, 0.15) is 13.2 Å². The van der Waals surface area contributed by atoms with Crippen molar-refractivity contribution < 1.29 is 30.8 Å². The van der Waals surface area contributed by atoms with Crippen LogP contribution >= 0.6 is 0 Å². The summed E-state index contributed by atoms with van der Waals surface area (Å²) >= 11 is 0. The van der Waals surface area contributed by atoms with Gasteiger partial charge in [0.25, 0.3) is 0 Å². The molecule has 0 spiro atoms. The maximum Gasteiger partial charge on any atom is 0.411 e. The minimum absolute atomic E-state index is 0.00935. The molecule has 0 saturated carbocycles. The second-order valence-corrected chi connectivity index (χ2v) is 6.92. The van der Waals surface area contributed by atoms with Gasteiger partial charge in [-0.05, 0) is 6.42 Å². The zero-order valence-corrected chi connectivity index (χ0v) is 11.7. The average Bonchev–Trinajstić information content (AvgIpc) is 2.92. The Labute approximate surface area is 118 Å². The van der Waals surface area contributed by atoms with Gasteiger partial charge in [-0.1, -0.05) is 5.16 Å². The van der Waals surface area contributed by atoms with E-state index < -0.39 is 29.2 Å². The van der Waals surface area contributed by atoms with Crippen molar-refractivity contribution in [3.05, 3.63) is 11.7 Å². The molecule has 1 N–H and O–H groups in total. The first-order valence-electron chi connectivity index (χ1n) is 6.13. The van der Waals surface area contributed by atoms with Crippen molar-refractivity contribution in [1.29, 1.82) is 0 Å². The average molecular weight is 329 g/mol. The monoisotopic (exact) mass is 329 g/mol. The first-order valence-corrected chi connectivity index (χ1v) is 7.95. The third-order valence-electron chi connectivity index (χ3n) is 2.78. The van der Waals surface area contributed by atoms with Crippen LogP contribution in [0.15, 0.2) is 4.52 Å². The van der Waals surface area contributed by atoms with Crippen LogP contribution in [0.2, 0.25) is 0 Å². The van der Waals surface area contributed by atoms with E-state index in [4.69, 9.17) is 4.52 Å². The van der Waals surface area contributed by atoms with E-state index in [9.17, 15) is 21.6 Å². The van der Waals surface area contributed by atoms with Crippen molar-refractivity contribution in [2.75, 3.05) is 18.1 Å². The standard InChI is InChI=1S/C10H14F3N3O4S/c11-10(12,13)6-19-4-8-15-9(20-16-8)3-14-7-1-2-21(17,18)5-7/h7,14H,1-6H2. The topological polar surface area (TPSA) is 94.3 Å². The summed E-state index contributed by atoms with van der Waals surface area (Å²) in [5.41, 5.74) is 0. The summed E-state index contributed by atoms with van der Waals surface area (Å²) in [6, 6.07) is -0.174. The van der Waals surface area contributed by atoms with Crippen LogP contribution in [0.4, 0.5) is 13.2 Å². The van der Waals surface area contributed by atoms with Gasteiger partial charge >= 0.3 is 6.18 Å². The van der Waals surface area contributed by atoms with E-state index in [-0.39, 0.29) is 35.8 Å². The number of hydrogen-bond acceptors (Lipinski definition) is 7. The van der Waals surface area contributed by atoms with Crippen molar-refractivity contribution in [3.8, 4) is 0 Å². The Morgan fingerprint density at radius 2 is 2.19 bits per heavy atom. The second kappa shape index (κ2) is 6.28. The number of nitrogens with one attached hydrogen (secondary N) is 1. The Morgan fingerprint density at radius 3 is 2.81 bits per heavy atom. The SMILES string of the molecule is O=S1(=O)CCC(NCc2nc(COCC(F)(F)F)no2)C1. The summed E-state index contributed by atoms with van der Waals surface area (Å²) < 4.78 is 67.3. The van der Waals surface area contributed by atoms with E-state index in [1.807, 2.05) is 0 Å². The summed E-state index contributed by atoms with van der Waals surface area (Å²) in [4.78, 5) is 3.85. The molecule has 11 heteroatoms. The number of hydrogen-bond donors (Lipinski definition) is 1. The second-order valence-electron chi connectivity index (χ2n) is 4.69. The van der Waals surface area contributed by atoms with Gasteiger partial charge in [-0.3, -0.25) is 0 Å². The van der Waals surface area contributed by atoms with Crippen molar-refractivity contribution in [3.63, 3.8) is 0 Å². The van der Waals surface area contributed by atoms with Gasteiger partial charge < -0.3 is 14.6 Å². The fourth-order valence-corrected chi connectivity index (χ4v) is 3.57. The normalized spacial score (nSPS) is 21.8. The molecule has 2 heterocycles. The van der Waals surface area contributed by atoms with Crippen LogP contribution in [-0.4, -0.2) is 48.9 Å². The number of aromatic nitrogens is 2. The maximum absolute atomic E-state index is 11.9. The first kappa shape index (κ1) is 16.2. The lowest BCUT2D eigenvalue weighted by Crippen LogP contribution is -2.29. The fraction of sp³-hybridized carbons (Fsp3) is 0.800. The van der Waals surface area contributed by atoms with Crippen molar-refractivity contribution in [1.82, 2.24) is 15.5 Å². The highest BCUT2D eigenvalue weighted by molar-refractivity contribution is 7.91. The van der Waals surface area contributed by atoms with Crippen molar-refractivity contribution >= 4 is 9.84 Å². The summed E-state index contributed by atoms with van der Waals surface area (Å²) in [5, 5.41) is 6.42. The molecule has 1 unspecified atom stereocenters. The molecule has 2 rings (SSSR count). The van der Waals surface area contributed by atoms with Crippen molar-refractivity contribution in [2.24, 2.45) is 0 Å². The molecular formula is C10H14F3N3O4S. The molecule has 0 aromatic carbocycles. The number of halogens is 3.